The Kier molecular flexibility index (Phi) is 7.54. The van der Waals surface area contributed by atoms with Gasteiger partial charge in [0.15, 0.2) is 5.78 Å². The van der Waals surface area contributed by atoms with E-state index in [0.717, 1.165) is 0 Å². The first kappa shape index (κ1) is 22.9. The minimum atomic E-state index is -0.882. The lowest BCUT2D eigenvalue weighted by atomic mass is 10.0. The third-order valence-corrected chi connectivity index (χ3v) is 4.98. The highest BCUT2D eigenvalue weighted by Crippen LogP contribution is 2.24. The van der Waals surface area contributed by atoms with Gasteiger partial charge in [-0.25, -0.2) is 0 Å². The molecule has 0 aromatic heterocycles. The summed E-state index contributed by atoms with van der Waals surface area (Å²) >= 11 is 4.01. The number of anilines is 2. The normalized spacial score (nSPS) is 11.3. The molecule has 3 aromatic rings. The predicted octanol–water partition coefficient (Wildman–Crippen LogP) is 2.93. The molecule has 4 N–H and O–H groups in total. The Morgan fingerprint density at radius 2 is 1.41 bits per heavy atom. The average molecular weight is 448 g/mol. The van der Waals surface area contributed by atoms with Crippen LogP contribution in [-0.2, 0) is 9.59 Å². The smallest absolute Gasteiger partial charge is 0.296 e. The second kappa shape index (κ2) is 10.5. The Morgan fingerprint density at radius 3 is 2.00 bits per heavy atom. The van der Waals surface area contributed by atoms with Crippen LogP contribution in [0.1, 0.15) is 26.3 Å². The number of rotatable bonds is 8. The number of carbonyl (C=O) groups excluding carboxylic acids is 4. The second-order valence-electron chi connectivity index (χ2n) is 6.88. The zero-order chi connectivity index (χ0) is 23.1. The number of Topliss-reactive ketones (excluding diaryl/α,β-unsaturated/α-hetero) is 1. The van der Waals surface area contributed by atoms with Crippen molar-refractivity contribution in [3.8, 4) is 0 Å². The van der Waals surface area contributed by atoms with Crippen LogP contribution in [0.25, 0.3) is 0 Å². The lowest BCUT2D eigenvalue weighted by Crippen LogP contribution is -2.37. The molecule has 0 aliphatic heterocycles. The van der Waals surface area contributed by atoms with Crippen LogP contribution in [0.5, 0.6) is 0 Å². The fourth-order valence-corrected chi connectivity index (χ4v) is 3.05. The number of benzene rings is 3. The van der Waals surface area contributed by atoms with Crippen molar-refractivity contribution in [3.63, 3.8) is 0 Å². The fourth-order valence-electron chi connectivity index (χ4n) is 2.88. The number of hydrogen-bond donors (Lipinski definition) is 4. The standard InChI is InChI=1S/C24H21N3O4S/c25-19(14-32)23(30)26-17-11-12-20(18(13-17)21(28)15-7-3-1-4-8-15)27-24(31)22(29)16-9-5-2-6-10-16/h1-13,19,32H,14,25H2,(H,26,30)(H,27,31)/t19-/m0/s1. The number of nitrogens with one attached hydrogen (secondary N) is 2. The number of nitrogens with two attached hydrogens (primary N) is 1. The SMILES string of the molecule is N[C@@H](CS)C(=O)Nc1ccc(NC(=O)C(=O)c2ccccc2)c(C(=O)c2ccccc2)c1. The Hall–Kier alpha value is -3.75. The molecule has 162 valence electrons. The van der Waals surface area contributed by atoms with E-state index in [4.69, 9.17) is 5.73 Å². The molecule has 0 saturated carbocycles. The highest BCUT2D eigenvalue weighted by atomic mass is 32.1. The summed E-state index contributed by atoms with van der Waals surface area (Å²) in [5, 5.41) is 5.14. The summed E-state index contributed by atoms with van der Waals surface area (Å²) in [7, 11) is 0. The van der Waals surface area contributed by atoms with Crippen LogP contribution in [0.2, 0.25) is 0 Å². The molecule has 0 unspecified atom stereocenters. The monoisotopic (exact) mass is 447 g/mol. The van der Waals surface area contributed by atoms with Crippen LogP contribution in [0.3, 0.4) is 0 Å². The third kappa shape index (κ3) is 5.48. The van der Waals surface area contributed by atoms with E-state index in [2.05, 4.69) is 23.3 Å². The van der Waals surface area contributed by atoms with Crippen LogP contribution in [0.4, 0.5) is 11.4 Å². The summed E-state index contributed by atoms with van der Waals surface area (Å²) in [4.78, 5) is 50.2. The van der Waals surface area contributed by atoms with Gasteiger partial charge in [0, 0.05) is 28.1 Å². The maximum atomic E-state index is 13.1. The zero-order valence-electron chi connectivity index (χ0n) is 16.9. The van der Waals surface area contributed by atoms with Gasteiger partial charge in [-0.1, -0.05) is 60.7 Å². The first-order valence-electron chi connectivity index (χ1n) is 9.72. The van der Waals surface area contributed by atoms with E-state index in [9.17, 15) is 19.2 Å². The van der Waals surface area contributed by atoms with Crippen molar-refractivity contribution in [1.29, 1.82) is 0 Å². The van der Waals surface area contributed by atoms with E-state index < -0.39 is 23.6 Å². The summed E-state index contributed by atoms with van der Waals surface area (Å²) in [5.41, 5.74) is 6.87. The molecule has 0 fully saturated rings. The van der Waals surface area contributed by atoms with Crippen molar-refractivity contribution < 1.29 is 19.2 Å². The van der Waals surface area contributed by atoms with Gasteiger partial charge in [0.2, 0.25) is 5.91 Å². The Bertz CT molecular complexity index is 1150. The van der Waals surface area contributed by atoms with Crippen molar-refractivity contribution in [2.75, 3.05) is 16.4 Å². The van der Waals surface area contributed by atoms with Crippen LogP contribution in [0.15, 0.2) is 78.9 Å². The first-order chi connectivity index (χ1) is 15.4. The number of thiol groups is 1. The van der Waals surface area contributed by atoms with Gasteiger partial charge in [-0.15, -0.1) is 0 Å². The maximum Gasteiger partial charge on any atom is 0.296 e. The molecule has 0 saturated heterocycles. The summed E-state index contributed by atoms with van der Waals surface area (Å²) < 4.78 is 0. The molecule has 3 aromatic carbocycles. The lowest BCUT2D eigenvalue weighted by molar-refractivity contribution is -0.117. The molecule has 0 bridgehead atoms. The topological polar surface area (TPSA) is 118 Å². The quantitative estimate of drug-likeness (QED) is 0.241. The molecule has 32 heavy (non-hydrogen) atoms. The van der Waals surface area contributed by atoms with Crippen LogP contribution >= 0.6 is 12.6 Å². The third-order valence-electron chi connectivity index (χ3n) is 4.59. The number of carbonyl (C=O) groups is 4. The molecule has 7 nitrogen and oxygen atoms in total. The van der Waals surface area contributed by atoms with Gasteiger partial charge in [0.25, 0.3) is 11.7 Å². The van der Waals surface area contributed by atoms with Crippen LogP contribution in [0, 0.1) is 0 Å². The van der Waals surface area contributed by atoms with Crippen LogP contribution < -0.4 is 16.4 Å². The van der Waals surface area contributed by atoms with Gasteiger partial charge < -0.3 is 16.4 Å². The zero-order valence-corrected chi connectivity index (χ0v) is 17.8. The molecule has 0 spiro atoms. The van der Waals surface area contributed by atoms with Crippen molar-refractivity contribution in [1.82, 2.24) is 0 Å². The Labute approximate surface area is 190 Å². The number of amides is 2. The van der Waals surface area contributed by atoms with Crippen molar-refractivity contribution in [2.45, 2.75) is 6.04 Å². The van der Waals surface area contributed by atoms with Crippen molar-refractivity contribution in [2.24, 2.45) is 5.73 Å². The van der Waals surface area contributed by atoms with Gasteiger partial charge >= 0.3 is 0 Å². The molecule has 0 heterocycles. The molecular weight excluding hydrogens is 426 g/mol. The minimum absolute atomic E-state index is 0.114. The predicted molar refractivity (Wildman–Crippen MR) is 126 cm³/mol. The summed E-state index contributed by atoms with van der Waals surface area (Å²) in [6.07, 6.45) is 0. The van der Waals surface area contributed by atoms with E-state index in [1.165, 1.54) is 30.3 Å². The second-order valence-corrected chi connectivity index (χ2v) is 7.25. The molecule has 0 aliphatic rings. The molecule has 0 aliphatic carbocycles. The average Bonchev–Trinajstić information content (AvgIpc) is 2.84. The van der Waals surface area contributed by atoms with Gasteiger partial charge in [0.1, 0.15) is 0 Å². The summed E-state index contributed by atoms with van der Waals surface area (Å²) in [6.45, 7) is 0. The van der Waals surface area contributed by atoms with E-state index >= 15 is 0 Å². The van der Waals surface area contributed by atoms with Gasteiger partial charge in [-0.3, -0.25) is 19.2 Å². The molecular formula is C24H21N3O4S. The first-order valence-corrected chi connectivity index (χ1v) is 10.4. The fraction of sp³-hybridized carbons (Fsp3) is 0.0833. The highest BCUT2D eigenvalue weighted by Gasteiger charge is 2.21. The van der Waals surface area contributed by atoms with Crippen LogP contribution in [-0.4, -0.2) is 35.2 Å². The van der Waals surface area contributed by atoms with Crippen molar-refractivity contribution >= 4 is 47.4 Å². The van der Waals surface area contributed by atoms with E-state index in [1.807, 2.05) is 0 Å². The Balaban J connectivity index is 1.93. The summed E-state index contributed by atoms with van der Waals surface area (Å²) in [5.74, 6) is -2.32. The van der Waals surface area contributed by atoms with E-state index in [0.29, 0.717) is 11.3 Å². The molecule has 3 rings (SSSR count). The van der Waals surface area contributed by atoms with Crippen molar-refractivity contribution in [3.05, 3.63) is 95.6 Å². The Morgan fingerprint density at radius 1 is 0.812 bits per heavy atom. The maximum absolute atomic E-state index is 13.1. The summed E-state index contributed by atoms with van der Waals surface area (Å²) in [6, 6.07) is 20.1. The highest BCUT2D eigenvalue weighted by molar-refractivity contribution is 7.80. The lowest BCUT2D eigenvalue weighted by Gasteiger charge is -2.14. The molecule has 0 radical (unpaired) electrons. The van der Waals surface area contributed by atoms with E-state index in [-0.39, 0.29) is 28.4 Å². The minimum Gasteiger partial charge on any atom is -0.325 e. The number of hydrogen-bond acceptors (Lipinski definition) is 6. The van der Waals surface area contributed by atoms with Gasteiger partial charge in [-0.2, -0.15) is 12.6 Å². The molecule has 8 heteroatoms. The van der Waals surface area contributed by atoms with Gasteiger partial charge in [-0.05, 0) is 18.2 Å². The van der Waals surface area contributed by atoms with Gasteiger partial charge in [0.05, 0.1) is 11.7 Å². The van der Waals surface area contributed by atoms with E-state index in [1.54, 1.807) is 48.5 Å². The number of ketones is 2. The largest absolute Gasteiger partial charge is 0.325 e. The molecule has 2 amide bonds. The molecule has 1 atom stereocenters.